The number of unbranched alkanes of at least 4 members (excludes halogenated alkanes) is 1. The Morgan fingerprint density at radius 1 is 1.16 bits per heavy atom. The highest BCUT2D eigenvalue weighted by Gasteiger charge is 2.13. The molecule has 0 radical (unpaired) electrons. The van der Waals surface area contributed by atoms with Crippen LogP contribution in [0.1, 0.15) is 37.2 Å². The van der Waals surface area contributed by atoms with Gasteiger partial charge in [0.15, 0.2) is 0 Å². The Bertz CT molecular complexity index is 731. The third kappa shape index (κ3) is 5.56. The van der Waals surface area contributed by atoms with E-state index in [-0.39, 0.29) is 11.8 Å². The van der Waals surface area contributed by atoms with Crippen molar-refractivity contribution in [2.24, 2.45) is 0 Å². The summed E-state index contributed by atoms with van der Waals surface area (Å²) in [6.07, 6.45) is 4.97. The van der Waals surface area contributed by atoms with Crippen LogP contribution in [0.15, 0.2) is 36.7 Å². The zero-order valence-corrected chi connectivity index (χ0v) is 14.7. The van der Waals surface area contributed by atoms with Crippen LogP contribution in [0.4, 0.5) is 17.2 Å². The van der Waals surface area contributed by atoms with E-state index in [4.69, 9.17) is 0 Å². The van der Waals surface area contributed by atoms with E-state index in [0.717, 1.165) is 18.5 Å². The summed E-state index contributed by atoms with van der Waals surface area (Å²) < 4.78 is 0. The van der Waals surface area contributed by atoms with Gasteiger partial charge in [0.25, 0.3) is 5.91 Å². The summed E-state index contributed by atoms with van der Waals surface area (Å²) in [5.74, 6) is 0.250. The van der Waals surface area contributed by atoms with Crippen molar-refractivity contribution in [3.8, 4) is 0 Å². The first-order valence-electron chi connectivity index (χ1n) is 8.21. The highest BCUT2D eigenvalue weighted by atomic mass is 16.2. The van der Waals surface area contributed by atoms with Gasteiger partial charge in [-0.25, -0.2) is 9.97 Å². The third-order valence-corrected chi connectivity index (χ3v) is 3.52. The quantitative estimate of drug-likeness (QED) is 0.808. The van der Waals surface area contributed by atoms with Crippen molar-refractivity contribution in [2.45, 2.75) is 26.7 Å². The van der Waals surface area contributed by atoms with Crippen molar-refractivity contribution in [1.29, 1.82) is 0 Å². The van der Waals surface area contributed by atoms with Gasteiger partial charge in [0.2, 0.25) is 5.91 Å². The molecule has 0 unspecified atom stereocenters. The average Bonchev–Trinajstić information content (AvgIpc) is 2.59. The molecule has 0 spiro atoms. The number of aromatic nitrogens is 2. The van der Waals surface area contributed by atoms with Crippen molar-refractivity contribution in [1.82, 2.24) is 14.9 Å². The molecule has 1 aromatic heterocycles. The van der Waals surface area contributed by atoms with Gasteiger partial charge in [0.05, 0.1) is 12.4 Å². The summed E-state index contributed by atoms with van der Waals surface area (Å²) in [5, 5.41) is 5.82. The maximum atomic E-state index is 12.2. The molecule has 0 aliphatic carbocycles. The fraction of sp³-hybridized carbons (Fsp3) is 0.333. The molecule has 1 aromatic carbocycles. The number of nitrogens with zero attached hydrogens (tertiary/aromatic N) is 3. The molecule has 0 fully saturated rings. The van der Waals surface area contributed by atoms with Crippen LogP contribution in [0.2, 0.25) is 0 Å². The number of anilines is 3. The number of carbonyl (C=O) groups excluding carboxylic acids is 2. The predicted octanol–water partition coefficient (Wildman–Crippen LogP) is 3.05. The summed E-state index contributed by atoms with van der Waals surface area (Å²) in [6, 6.07) is 7.26. The first kappa shape index (κ1) is 18.4. The second-order valence-electron chi connectivity index (χ2n) is 5.75. The molecular weight excluding hydrogens is 318 g/mol. The fourth-order valence-corrected chi connectivity index (χ4v) is 2.22. The van der Waals surface area contributed by atoms with Gasteiger partial charge in [-0.05, 0) is 24.6 Å². The molecule has 2 N–H and O–H groups in total. The lowest BCUT2D eigenvalue weighted by atomic mass is 10.2. The van der Waals surface area contributed by atoms with Gasteiger partial charge in [-0.3, -0.25) is 9.59 Å². The smallest absolute Gasteiger partial charge is 0.273 e. The number of rotatable bonds is 7. The molecule has 2 amide bonds. The Kier molecular flexibility index (Phi) is 6.45. The molecule has 0 bridgehead atoms. The molecule has 0 saturated carbocycles. The van der Waals surface area contributed by atoms with E-state index in [1.807, 2.05) is 12.1 Å². The topological polar surface area (TPSA) is 87.2 Å². The van der Waals surface area contributed by atoms with Gasteiger partial charge in [-0.2, -0.15) is 0 Å². The van der Waals surface area contributed by atoms with Crippen LogP contribution in [-0.4, -0.2) is 40.3 Å². The molecule has 2 aromatic rings. The summed E-state index contributed by atoms with van der Waals surface area (Å²) in [6.45, 7) is 4.24. The first-order chi connectivity index (χ1) is 12.0. The zero-order chi connectivity index (χ0) is 18.2. The maximum Gasteiger partial charge on any atom is 0.273 e. The van der Waals surface area contributed by atoms with Crippen molar-refractivity contribution < 1.29 is 9.59 Å². The number of hydrogen-bond donors (Lipinski definition) is 2. The van der Waals surface area contributed by atoms with Crippen molar-refractivity contribution >= 4 is 29.0 Å². The van der Waals surface area contributed by atoms with Gasteiger partial charge in [-0.15, -0.1) is 0 Å². The average molecular weight is 341 g/mol. The Hall–Kier alpha value is -2.96. The number of amides is 2. The zero-order valence-electron chi connectivity index (χ0n) is 14.7. The van der Waals surface area contributed by atoms with Crippen LogP contribution in [-0.2, 0) is 4.79 Å². The molecule has 0 aliphatic rings. The maximum absolute atomic E-state index is 12.2. The standard InChI is InChI=1S/C18H23N5O2/c1-4-5-9-23(3)18(25)16-11-20-17(12-19-16)22-15-8-6-7-14(10-15)21-13(2)24/h6-8,10-12H,4-5,9H2,1-3H3,(H,20,22)(H,21,24). The first-order valence-corrected chi connectivity index (χ1v) is 8.21. The summed E-state index contributed by atoms with van der Waals surface area (Å²) in [7, 11) is 1.76. The summed E-state index contributed by atoms with van der Waals surface area (Å²) >= 11 is 0. The lowest BCUT2D eigenvalue weighted by molar-refractivity contribution is -0.114. The Labute approximate surface area is 147 Å². The van der Waals surface area contributed by atoms with Crippen molar-refractivity contribution in [3.05, 3.63) is 42.4 Å². The number of carbonyl (C=O) groups is 2. The minimum atomic E-state index is -0.139. The lowest BCUT2D eigenvalue weighted by Gasteiger charge is -2.16. The number of hydrogen-bond acceptors (Lipinski definition) is 5. The molecule has 0 saturated heterocycles. The van der Waals surface area contributed by atoms with Crippen LogP contribution in [0.3, 0.4) is 0 Å². The molecular formula is C18H23N5O2. The molecule has 0 atom stereocenters. The van der Waals surface area contributed by atoms with Crippen molar-refractivity contribution in [3.63, 3.8) is 0 Å². The van der Waals surface area contributed by atoms with Crippen LogP contribution in [0, 0.1) is 0 Å². The summed E-state index contributed by atoms with van der Waals surface area (Å²) in [4.78, 5) is 33.4. The molecule has 132 valence electrons. The van der Waals surface area contributed by atoms with Crippen LogP contribution < -0.4 is 10.6 Å². The Morgan fingerprint density at radius 2 is 1.92 bits per heavy atom. The fourth-order valence-electron chi connectivity index (χ4n) is 2.22. The third-order valence-electron chi connectivity index (χ3n) is 3.52. The van der Waals surface area contributed by atoms with E-state index in [9.17, 15) is 9.59 Å². The van der Waals surface area contributed by atoms with E-state index < -0.39 is 0 Å². The van der Waals surface area contributed by atoms with Crippen molar-refractivity contribution in [2.75, 3.05) is 24.2 Å². The highest BCUT2D eigenvalue weighted by Crippen LogP contribution is 2.18. The van der Waals surface area contributed by atoms with Gasteiger partial charge >= 0.3 is 0 Å². The molecule has 7 heteroatoms. The van der Waals surface area contributed by atoms with E-state index in [1.165, 1.54) is 19.3 Å². The number of nitrogens with one attached hydrogen (secondary N) is 2. The molecule has 25 heavy (non-hydrogen) atoms. The normalized spacial score (nSPS) is 10.2. The van der Waals surface area contributed by atoms with Gasteiger partial charge in [-0.1, -0.05) is 19.4 Å². The van der Waals surface area contributed by atoms with Crippen LogP contribution in [0.25, 0.3) is 0 Å². The van der Waals surface area contributed by atoms with E-state index in [1.54, 1.807) is 24.1 Å². The predicted molar refractivity (Wildman–Crippen MR) is 97.9 cm³/mol. The largest absolute Gasteiger partial charge is 0.340 e. The SMILES string of the molecule is CCCCN(C)C(=O)c1cnc(Nc2cccc(NC(C)=O)c2)cn1. The Morgan fingerprint density at radius 3 is 2.56 bits per heavy atom. The minimum Gasteiger partial charge on any atom is -0.340 e. The van der Waals surface area contributed by atoms with Gasteiger partial charge < -0.3 is 15.5 Å². The number of benzene rings is 1. The Balaban J connectivity index is 2.03. The lowest BCUT2D eigenvalue weighted by Crippen LogP contribution is -2.28. The van der Waals surface area contributed by atoms with E-state index in [0.29, 0.717) is 23.7 Å². The second kappa shape index (κ2) is 8.77. The molecule has 1 heterocycles. The minimum absolute atomic E-state index is 0.132. The summed E-state index contributed by atoms with van der Waals surface area (Å²) in [5.41, 5.74) is 1.77. The van der Waals surface area contributed by atoms with Gasteiger partial charge in [0, 0.05) is 31.9 Å². The molecule has 7 nitrogen and oxygen atoms in total. The highest BCUT2D eigenvalue weighted by molar-refractivity contribution is 5.92. The molecule has 2 rings (SSSR count). The van der Waals surface area contributed by atoms with Crippen LogP contribution in [0.5, 0.6) is 0 Å². The van der Waals surface area contributed by atoms with Crippen LogP contribution >= 0.6 is 0 Å². The monoisotopic (exact) mass is 341 g/mol. The van der Waals surface area contributed by atoms with E-state index >= 15 is 0 Å². The molecule has 0 aliphatic heterocycles. The van der Waals surface area contributed by atoms with E-state index in [2.05, 4.69) is 27.5 Å². The van der Waals surface area contributed by atoms with Gasteiger partial charge in [0.1, 0.15) is 11.5 Å². The second-order valence-corrected chi connectivity index (χ2v) is 5.75.